The molecular formula is C13H11Cl2N3O. The normalized spacial score (nSPS) is 10.3. The second-order valence-electron chi connectivity index (χ2n) is 3.97. The van der Waals surface area contributed by atoms with Crippen molar-refractivity contribution >= 4 is 34.8 Å². The van der Waals surface area contributed by atoms with E-state index in [1.54, 1.807) is 31.3 Å². The van der Waals surface area contributed by atoms with Gasteiger partial charge in [0.25, 0.3) is 0 Å². The van der Waals surface area contributed by atoms with Gasteiger partial charge in [-0.05, 0) is 30.7 Å². The second kappa shape index (κ2) is 5.99. The third-order valence-corrected chi connectivity index (χ3v) is 2.94. The summed E-state index contributed by atoms with van der Waals surface area (Å²) in [6.07, 6.45) is 1.82. The van der Waals surface area contributed by atoms with Crippen molar-refractivity contribution in [3.8, 4) is 0 Å². The van der Waals surface area contributed by atoms with E-state index >= 15 is 0 Å². The van der Waals surface area contributed by atoms with Crippen LogP contribution in [0.4, 0.5) is 5.69 Å². The first-order chi connectivity index (χ1) is 9.06. The van der Waals surface area contributed by atoms with Gasteiger partial charge in [-0.15, -0.1) is 0 Å². The lowest BCUT2D eigenvalue weighted by Crippen LogP contribution is -2.16. The summed E-state index contributed by atoms with van der Waals surface area (Å²) in [6, 6.07) is 7.06. The third-order valence-electron chi connectivity index (χ3n) is 2.47. The Morgan fingerprint density at radius 2 is 2.16 bits per heavy atom. The van der Waals surface area contributed by atoms with Crippen LogP contribution in [0.1, 0.15) is 11.3 Å². The Labute approximate surface area is 120 Å². The van der Waals surface area contributed by atoms with Crippen molar-refractivity contribution in [1.82, 2.24) is 9.97 Å². The van der Waals surface area contributed by atoms with Gasteiger partial charge in [0, 0.05) is 11.9 Å². The summed E-state index contributed by atoms with van der Waals surface area (Å²) in [6.45, 7) is 1.80. The number of carbonyl (C=O) groups is 1. The number of anilines is 1. The van der Waals surface area contributed by atoms with E-state index in [2.05, 4.69) is 15.3 Å². The van der Waals surface area contributed by atoms with E-state index in [0.717, 1.165) is 5.56 Å². The largest absolute Gasteiger partial charge is 0.323 e. The van der Waals surface area contributed by atoms with E-state index in [-0.39, 0.29) is 17.5 Å². The number of nitrogens with one attached hydrogen (secondary N) is 1. The summed E-state index contributed by atoms with van der Waals surface area (Å²) in [7, 11) is 0. The Kier molecular flexibility index (Phi) is 4.35. The molecule has 0 bridgehead atoms. The van der Waals surface area contributed by atoms with Gasteiger partial charge in [0.1, 0.15) is 5.15 Å². The molecule has 0 saturated carbocycles. The molecule has 2 aromatic heterocycles. The van der Waals surface area contributed by atoms with E-state index in [1.165, 1.54) is 0 Å². The maximum absolute atomic E-state index is 11.9. The third kappa shape index (κ3) is 3.66. The number of carbonyl (C=O) groups excluding carboxylic acids is 1. The van der Waals surface area contributed by atoms with Crippen LogP contribution in [-0.4, -0.2) is 15.9 Å². The average Bonchev–Trinajstić information content (AvgIpc) is 2.35. The molecule has 0 saturated heterocycles. The minimum atomic E-state index is -0.201. The minimum Gasteiger partial charge on any atom is -0.323 e. The molecule has 6 heteroatoms. The molecule has 0 aliphatic heterocycles. The topological polar surface area (TPSA) is 54.9 Å². The Bertz CT molecular complexity index is 579. The number of aryl methyl sites for hydroxylation is 1. The highest BCUT2D eigenvalue weighted by atomic mass is 35.5. The second-order valence-corrected chi connectivity index (χ2v) is 4.72. The molecule has 98 valence electrons. The Morgan fingerprint density at radius 1 is 1.37 bits per heavy atom. The number of hydrogen-bond donors (Lipinski definition) is 1. The molecule has 0 aliphatic carbocycles. The molecule has 2 rings (SSSR count). The molecule has 0 aromatic carbocycles. The van der Waals surface area contributed by atoms with E-state index in [0.29, 0.717) is 16.5 Å². The maximum Gasteiger partial charge on any atom is 0.230 e. The van der Waals surface area contributed by atoms with Gasteiger partial charge in [-0.1, -0.05) is 29.3 Å². The SMILES string of the molecule is Cc1cc(Cl)nc(Cl)c1NC(=O)Cc1ccccn1. The molecule has 1 amide bonds. The molecule has 0 aliphatic rings. The molecule has 2 aromatic rings. The molecule has 0 unspecified atom stereocenters. The Morgan fingerprint density at radius 3 is 2.79 bits per heavy atom. The van der Waals surface area contributed by atoms with Crippen molar-refractivity contribution in [2.75, 3.05) is 5.32 Å². The number of hydrogen-bond acceptors (Lipinski definition) is 3. The lowest BCUT2D eigenvalue weighted by atomic mass is 10.2. The fourth-order valence-electron chi connectivity index (χ4n) is 1.60. The number of amides is 1. The molecule has 0 spiro atoms. The minimum absolute atomic E-state index is 0.180. The lowest BCUT2D eigenvalue weighted by molar-refractivity contribution is -0.115. The smallest absolute Gasteiger partial charge is 0.230 e. The molecule has 1 N–H and O–H groups in total. The highest BCUT2D eigenvalue weighted by Gasteiger charge is 2.11. The van der Waals surface area contributed by atoms with Gasteiger partial charge in [-0.25, -0.2) is 4.98 Å². The summed E-state index contributed by atoms with van der Waals surface area (Å²) in [5, 5.41) is 3.20. The van der Waals surface area contributed by atoms with E-state index in [4.69, 9.17) is 23.2 Å². The molecule has 2 heterocycles. The van der Waals surface area contributed by atoms with E-state index in [9.17, 15) is 4.79 Å². The number of pyridine rings is 2. The summed E-state index contributed by atoms with van der Waals surface area (Å²) in [4.78, 5) is 19.9. The zero-order valence-corrected chi connectivity index (χ0v) is 11.7. The van der Waals surface area contributed by atoms with Crippen LogP contribution in [0.3, 0.4) is 0 Å². The fourth-order valence-corrected chi connectivity index (χ4v) is 2.18. The first-order valence-electron chi connectivity index (χ1n) is 5.58. The Balaban J connectivity index is 2.12. The lowest BCUT2D eigenvalue weighted by Gasteiger charge is -2.10. The van der Waals surface area contributed by atoms with Crippen molar-refractivity contribution in [3.05, 3.63) is 52.0 Å². The van der Waals surface area contributed by atoms with Gasteiger partial charge >= 0.3 is 0 Å². The number of aromatic nitrogens is 2. The quantitative estimate of drug-likeness (QED) is 0.884. The average molecular weight is 296 g/mol. The fraction of sp³-hybridized carbons (Fsp3) is 0.154. The summed E-state index contributed by atoms with van der Waals surface area (Å²) < 4.78 is 0. The number of rotatable bonds is 3. The van der Waals surface area contributed by atoms with Crippen LogP contribution in [0.2, 0.25) is 10.3 Å². The van der Waals surface area contributed by atoms with Crippen LogP contribution in [0.15, 0.2) is 30.5 Å². The molecule has 0 radical (unpaired) electrons. The zero-order valence-electron chi connectivity index (χ0n) is 10.2. The first-order valence-corrected chi connectivity index (χ1v) is 6.34. The summed E-state index contributed by atoms with van der Waals surface area (Å²) in [5.41, 5.74) is 1.93. The maximum atomic E-state index is 11.9. The standard InChI is InChI=1S/C13H11Cl2N3O/c1-8-6-10(14)17-13(15)12(8)18-11(19)7-9-4-2-3-5-16-9/h2-6H,7H2,1H3,(H,18,19). The zero-order chi connectivity index (χ0) is 13.8. The molecule has 0 atom stereocenters. The van der Waals surface area contributed by atoms with Crippen LogP contribution >= 0.6 is 23.2 Å². The number of halogens is 2. The molecule has 0 fully saturated rings. The van der Waals surface area contributed by atoms with Crippen molar-refractivity contribution in [2.24, 2.45) is 0 Å². The van der Waals surface area contributed by atoms with Gasteiger partial charge < -0.3 is 5.32 Å². The van der Waals surface area contributed by atoms with Gasteiger partial charge in [-0.3, -0.25) is 9.78 Å². The predicted molar refractivity (Wildman–Crippen MR) is 75.6 cm³/mol. The monoisotopic (exact) mass is 295 g/mol. The van der Waals surface area contributed by atoms with Crippen LogP contribution in [0.25, 0.3) is 0 Å². The predicted octanol–water partition coefficient (Wildman–Crippen LogP) is 3.27. The molecule has 19 heavy (non-hydrogen) atoms. The van der Waals surface area contributed by atoms with Gasteiger partial charge in [0.15, 0.2) is 5.15 Å². The first kappa shape index (κ1) is 13.8. The van der Waals surface area contributed by atoms with Crippen molar-refractivity contribution < 1.29 is 4.79 Å². The van der Waals surface area contributed by atoms with E-state index in [1.807, 2.05) is 6.07 Å². The summed E-state index contributed by atoms with van der Waals surface area (Å²) in [5.74, 6) is -0.201. The van der Waals surface area contributed by atoms with Crippen LogP contribution in [0.5, 0.6) is 0 Å². The van der Waals surface area contributed by atoms with Crippen molar-refractivity contribution in [1.29, 1.82) is 0 Å². The Hall–Kier alpha value is -1.65. The van der Waals surface area contributed by atoms with Gasteiger partial charge in [0.05, 0.1) is 12.1 Å². The van der Waals surface area contributed by atoms with Crippen molar-refractivity contribution in [3.63, 3.8) is 0 Å². The molecular weight excluding hydrogens is 285 g/mol. The number of nitrogens with zero attached hydrogens (tertiary/aromatic N) is 2. The highest BCUT2D eigenvalue weighted by molar-refractivity contribution is 6.34. The summed E-state index contributed by atoms with van der Waals surface area (Å²) >= 11 is 11.7. The molecule has 4 nitrogen and oxygen atoms in total. The van der Waals surface area contributed by atoms with Crippen molar-refractivity contribution in [2.45, 2.75) is 13.3 Å². The van der Waals surface area contributed by atoms with Crippen LogP contribution < -0.4 is 5.32 Å². The van der Waals surface area contributed by atoms with Crippen LogP contribution in [0, 0.1) is 6.92 Å². The highest BCUT2D eigenvalue weighted by Crippen LogP contribution is 2.26. The van der Waals surface area contributed by atoms with E-state index < -0.39 is 0 Å². The van der Waals surface area contributed by atoms with Gasteiger partial charge in [-0.2, -0.15) is 0 Å². The van der Waals surface area contributed by atoms with Gasteiger partial charge in [0.2, 0.25) is 5.91 Å². The van der Waals surface area contributed by atoms with Crippen LogP contribution in [-0.2, 0) is 11.2 Å².